The maximum absolute atomic E-state index is 12.1. The number of fused-ring (bicyclic) bond motifs is 1. The van der Waals surface area contributed by atoms with Crippen molar-refractivity contribution in [3.63, 3.8) is 0 Å². The van der Waals surface area contributed by atoms with Gasteiger partial charge in [0.1, 0.15) is 11.3 Å². The van der Waals surface area contributed by atoms with E-state index in [2.05, 4.69) is 4.98 Å². The second-order valence-electron chi connectivity index (χ2n) is 5.35. The molecule has 5 heteroatoms. The maximum Gasteiger partial charge on any atom is 0.343 e. The third-order valence-electron chi connectivity index (χ3n) is 3.77. The van der Waals surface area contributed by atoms with Gasteiger partial charge in [0.05, 0.1) is 13.2 Å². The summed E-state index contributed by atoms with van der Waals surface area (Å²) in [4.78, 5) is 26.4. The zero-order valence-corrected chi connectivity index (χ0v) is 12.3. The molecule has 0 saturated carbocycles. The van der Waals surface area contributed by atoms with Gasteiger partial charge in [-0.2, -0.15) is 0 Å². The Morgan fingerprint density at radius 2 is 2.14 bits per heavy atom. The molecule has 1 atom stereocenters. The second-order valence-corrected chi connectivity index (χ2v) is 5.35. The van der Waals surface area contributed by atoms with Gasteiger partial charge < -0.3 is 14.5 Å². The van der Waals surface area contributed by atoms with Crippen molar-refractivity contribution in [1.82, 2.24) is 4.98 Å². The summed E-state index contributed by atoms with van der Waals surface area (Å²) in [5.41, 5.74) is 1.36. The molecule has 0 aliphatic carbocycles. The summed E-state index contributed by atoms with van der Waals surface area (Å²) in [6.45, 7) is 2.60. The number of carbonyl (C=O) groups excluding carboxylic acids is 1. The first kappa shape index (κ1) is 14.4. The van der Waals surface area contributed by atoms with Crippen LogP contribution in [-0.2, 0) is 4.74 Å². The molecule has 3 rings (SSSR count). The molecule has 2 heterocycles. The van der Waals surface area contributed by atoms with Crippen molar-refractivity contribution < 1.29 is 14.3 Å². The predicted octanol–water partition coefficient (Wildman–Crippen LogP) is 2.41. The maximum atomic E-state index is 12.1. The third-order valence-corrected chi connectivity index (χ3v) is 3.77. The average Bonchev–Trinajstić information content (AvgIpc) is 2.52. The van der Waals surface area contributed by atoms with Crippen LogP contribution in [0.2, 0.25) is 0 Å². The van der Waals surface area contributed by atoms with Crippen LogP contribution < -0.4 is 10.3 Å². The van der Waals surface area contributed by atoms with E-state index in [1.54, 1.807) is 13.0 Å². The first-order chi connectivity index (χ1) is 10.6. The number of H-pyrrole nitrogens is 1. The van der Waals surface area contributed by atoms with Gasteiger partial charge in [0.25, 0.3) is 5.56 Å². The van der Waals surface area contributed by atoms with Crippen LogP contribution in [0.1, 0.15) is 34.0 Å². The van der Waals surface area contributed by atoms with Crippen molar-refractivity contribution in [2.75, 3.05) is 13.2 Å². The number of pyridine rings is 1. The number of para-hydroxylation sites is 1. The molecule has 1 aromatic carbocycles. The van der Waals surface area contributed by atoms with Gasteiger partial charge in [0, 0.05) is 17.2 Å². The Morgan fingerprint density at radius 1 is 1.32 bits per heavy atom. The number of hydrogen-bond acceptors (Lipinski definition) is 4. The molecule has 0 saturated heterocycles. The van der Waals surface area contributed by atoms with Crippen LogP contribution in [0.3, 0.4) is 0 Å². The topological polar surface area (TPSA) is 68.4 Å². The standard InChI is InChI=1S/C17H17NO4/c1-11-6-7-14(16(19)18-11)17(20)22-10-12-8-9-21-15-5-3-2-4-13(12)15/h2-7,12H,8-10H2,1H3,(H,18,19)/t12-/m0/s1. The number of nitrogens with one attached hydrogen (secondary N) is 1. The highest BCUT2D eigenvalue weighted by Crippen LogP contribution is 2.33. The van der Waals surface area contributed by atoms with E-state index in [0.717, 1.165) is 17.7 Å². The molecule has 0 radical (unpaired) electrons. The summed E-state index contributed by atoms with van der Waals surface area (Å²) in [6, 6.07) is 10.9. The number of esters is 1. The number of ether oxygens (including phenoxy) is 2. The lowest BCUT2D eigenvalue weighted by atomic mass is 9.94. The SMILES string of the molecule is Cc1ccc(C(=O)OC[C@@H]2CCOc3ccccc32)c(=O)[nH]1. The molecule has 1 aliphatic rings. The van der Waals surface area contributed by atoms with Crippen molar-refractivity contribution in [3.8, 4) is 5.75 Å². The molecule has 2 aromatic rings. The Kier molecular flexibility index (Phi) is 3.96. The molecule has 1 aliphatic heterocycles. The molecule has 1 N–H and O–H groups in total. The Bertz CT molecular complexity index is 750. The van der Waals surface area contributed by atoms with Gasteiger partial charge in [-0.05, 0) is 31.5 Å². The summed E-state index contributed by atoms with van der Waals surface area (Å²) in [7, 11) is 0. The summed E-state index contributed by atoms with van der Waals surface area (Å²) in [5.74, 6) is 0.339. The number of benzene rings is 1. The summed E-state index contributed by atoms with van der Waals surface area (Å²) in [5, 5.41) is 0. The van der Waals surface area contributed by atoms with E-state index in [0.29, 0.717) is 12.3 Å². The largest absolute Gasteiger partial charge is 0.493 e. The molecule has 114 valence electrons. The van der Waals surface area contributed by atoms with E-state index in [-0.39, 0.29) is 18.1 Å². The lowest BCUT2D eigenvalue weighted by molar-refractivity contribution is 0.0457. The van der Waals surface area contributed by atoms with E-state index in [1.165, 1.54) is 6.07 Å². The van der Waals surface area contributed by atoms with Gasteiger partial charge >= 0.3 is 5.97 Å². The van der Waals surface area contributed by atoms with Gasteiger partial charge in [0.15, 0.2) is 0 Å². The number of aromatic nitrogens is 1. The van der Waals surface area contributed by atoms with E-state index in [4.69, 9.17) is 9.47 Å². The first-order valence-electron chi connectivity index (χ1n) is 7.24. The lowest BCUT2D eigenvalue weighted by Crippen LogP contribution is -2.23. The summed E-state index contributed by atoms with van der Waals surface area (Å²) in [6.07, 6.45) is 0.786. The summed E-state index contributed by atoms with van der Waals surface area (Å²) < 4.78 is 10.9. The Labute approximate surface area is 127 Å². The third kappa shape index (κ3) is 2.88. The zero-order valence-electron chi connectivity index (χ0n) is 12.3. The fourth-order valence-corrected chi connectivity index (χ4v) is 2.58. The molecule has 0 bridgehead atoms. The van der Waals surface area contributed by atoms with E-state index in [9.17, 15) is 9.59 Å². The Morgan fingerprint density at radius 3 is 2.95 bits per heavy atom. The quantitative estimate of drug-likeness (QED) is 0.884. The number of carbonyl (C=O) groups is 1. The monoisotopic (exact) mass is 299 g/mol. The predicted molar refractivity (Wildman–Crippen MR) is 81.4 cm³/mol. The minimum atomic E-state index is -0.592. The molecule has 0 spiro atoms. The minimum Gasteiger partial charge on any atom is -0.493 e. The lowest BCUT2D eigenvalue weighted by Gasteiger charge is -2.25. The first-order valence-corrected chi connectivity index (χ1v) is 7.24. The highest BCUT2D eigenvalue weighted by molar-refractivity contribution is 5.88. The molecule has 0 amide bonds. The van der Waals surface area contributed by atoms with Crippen LogP contribution in [-0.4, -0.2) is 24.2 Å². The van der Waals surface area contributed by atoms with E-state index >= 15 is 0 Å². The fraction of sp³-hybridized carbons (Fsp3) is 0.294. The van der Waals surface area contributed by atoms with Crippen LogP contribution >= 0.6 is 0 Å². The van der Waals surface area contributed by atoms with Crippen LogP contribution in [0, 0.1) is 6.92 Å². The van der Waals surface area contributed by atoms with Crippen molar-refractivity contribution in [3.05, 3.63) is 63.6 Å². The fourth-order valence-electron chi connectivity index (χ4n) is 2.58. The van der Waals surface area contributed by atoms with Crippen molar-refractivity contribution in [2.45, 2.75) is 19.3 Å². The molecular weight excluding hydrogens is 282 g/mol. The minimum absolute atomic E-state index is 0.0333. The number of hydrogen-bond donors (Lipinski definition) is 1. The van der Waals surface area contributed by atoms with Crippen LogP contribution in [0.25, 0.3) is 0 Å². The number of aryl methyl sites for hydroxylation is 1. The highest BCUT2D eigenvalue weighted by atomic mass is 16.5. The van der Waals surface area contributed by atoms with E-state index < -0.39 is 11.5 Å². The van der Waals surface area contributed by atoms with Crippen LogP contribution in [0.15, 0.2) is 41.2 Å². The van der Waals surface area contributed by atoms with E-state index in [1.807, 2.05) is 24.3 Å². The Hall–Kier alpha value is -2.56. The molecule has 22 heavy (non-hydrogen) atoms. The van der Waals surface area contributed by atoms with Gasteiger partial charge in [-0.1, -0.05) is 18.2 Å². The van der Waals surface area contributed by atoms with Crippen molar-refractivity contribution in [1.29, 1.82) is 0 Å². The van der Waals surface area contributed by atoms with Gasteiger partial charge in [-0.3, -0.25) is 4.79 Å². The molecule has 5 nitrogen and oxygen atoms in total. The zero-order chi connectivity index (χ0) is 15.5. The van der Waals surface area contributed by atoms with Crippen LogP contribution in [0.5, 0.6) is 5.75 Å². The van der Waals surface area contributed by atoms with Gasteiger partial charge in [-0.25, -0.2) is 4.79 Å². The smallest absolute Gasteiger partial charge is 0.343 e. The molecule has 0 unspecified atom stereocenters. The average molecular weight is 299 g/mol. The molecule has 1 aromatic heterocycles. The van der Waals surface area contributed by atoms with Gasteiger partial charge in [-0.15, -0.1) is 0 Å². The number of aromatic amines is 1. The Balaban J connectivity index is 1.71. The highest BCUT2D eigenvalue weighted by Gasteiger charge is 2.23. The van der Waals surface area contributed by atoms with Crippen LogP contribution in [0.4, 0.5) is 0 Å². The molecule has 0 fully saturated rings. The second kappa shape index (κ2) is 6.05. The normalized spacial score (nSPS) is 16.5. The van der Waals surface area contributed by atoms with Gasteiger partial charge in [0.2, 0.25) is 0 Å². The van der Waals surface area contributed by atoms with Crippen molar-refractivity contribution >= 4 is 5.97 Å². The number of rotatable bonds is 3. The van der Waals surface area contributed by atoms with Crippen molar-refractivity contribution in [2.24, 2.45) is 0 Å². The molecular formula is C17H17NO4. The summed E-state index contributed by atoms with van der Waals surface area (Å²) >= 11 is 0.